The van der Waals surface area contributed by atoms with Crippen molar-refractivity contribution in [3.63, 3.8) is 0 Å². The maximum atomic E-state index is 12.3. The Kier molecular flexibility index (Phi) is 4.70. The number of carboxylic acid groups (broad SMARTS) is 1. The van der Waals surface area contributed by atoms with Crippen molar-refractivity contribution < 1.29 is 19.4 Å². The molecule has 126 valence electrons. The summed E-state index contributed by atoms with van der Waals surface area (Å²) < 4.78 is 5.42. The van der Waals surface area contributed by atoms with Gasteiger partial charge in [-0.1, -0.05) is 0 Å². The molecule has 22 heavy (non-hydrogen) atoms. The zero-order valence-electron chi connectivity index (χ0n) is 14.1. The van der Waals surface area contributed by atoms with Gasteiger partial charge in [0.15, 0.2) is 0 Å². The molecule has 2 aliphatic rings. The van der Waals surface area contributed by atoms with Gasteiger partial charge >= 0.3 is 12.1 Å². The second-order valence-electron chi connectivity index (χ2n) is 7.77. The number of carbonyl (C=O) groups excluding carboxylic acids is 1. The molecule has 2 unspecified atom stereocenters. The van der Waals surface area contributed by atoms with Crippen molar-refractivity contribution in [1.82, 2.24) is 9.80 Å². The van der Waals surface area contributed by atoms with Crippen LogP contribution in [0.3, 0.4) is 0 Å². The molecule has 2 fully saturated rings. The number of hydrogen-bond acceptors (Lipinski definition) is 4. The normalized spacial score (nSPS) is 30.4. The summed E-state index contributed by atoms with van der Waals surface area (Å²) in [5.74, 6) is -1.29. The molecule has 0 bridgehead atoms. The average molecular weight is 312 g/mol. The van der Waals surface area contributed by atoms with Gasteiger partial charge in [0.2, 0.25) is 0 Å². The van der Waals surface area contributed by atoms with Gasteiger partial charge < -0.3 is 19.6 Å². The van der Waals surface area contributed by atoms with Gasteiger partial charge in [0.05, 0.1) is 5.92 Å². The smallest absolute Gasteiger partial charge is 0.410 e. The minimum Gasteiger partial charge on any atom is -0.481 e. The highest BCUT2D eigenvalue weighted by Gasteiger charge is 2.52. The van der Waals surface area contributed by atoms with Crippen LogP contribution in [0.1, 0.15) is 40.0 Å². The van der Waals surface area contributed by atoms with Crippen molar-refractivity contribution in [1.29, 1.82) is 0 Å². The van der Waals surface area contributed by atoms with Crippen LogP contribution in [-0.2, 0) is 9.53 Å². The fourth-order valence-electron chi connectivity index (χ4n) is 3.63. The number of ether oxygens (including phenoxy) is 1. The predicted octanol–water partition coefficient (Wildman–Crippen LogP) is 2.04. The minimum atomic E-state index is -0.796. The van der Waals surface area contributed by atoms with Crippen LogP contribution in [-0.4, -0.2) is 65.8 Å². The average Bonchev–Trinajstić information content (AvgIpc) is 2.64. The molecule has 1 N–H and O–H groups in total. The monoisotopic (exact) mass is 312 g/mol. The van der Waals surface area contributed by atoms with Crippen LogP contribution in [0.2, 0.25) is 0 Å². The van der Waals surface area contributed by atoms with Crippen LogP contribution >= 0.6 is 0 Å². The van der Waals surface area contributed by atoms with Crippen molar-refractivity contribution in [3.05, 3.63) is 0 Å². The highest BCUT2D eigenvalue weighted by atomic mass is 16.6. The molecule has 1 amide bonds. The molecular weight excluding hydrogens is 284 g/mol. The van der Waals surface area contributed by atoms with E-state index in [2.05, 4.69) is 11.9 Å². The Bertz CT molecular complexity index is 446. The van der Waals surface area contributed by atoms with Crippen molar-refractivity contribution in [2.45, 2.75) is 45.6 Å². The summed E-state index contributed by atoms with van der Waals surface area (Å²) in [6, 6.07) is 0. The molecule has 2 heterocycles. The van der Waals surface area contributed by atoms with E-state index in [1.807, 2.05) is 20.8 Å². The van der Waals surface area contributed by atoms with E-state index in [4.69, 9.17) is 4.74 Å². The second-order valence-corrected chi connectivity index (χ2v) is 7.77. The minimum absolute atomic E-state index is 0.258. The summed E-state index contributed by atoms with van der Waals surface area (Å²) in [5.41, 5.74) is -0.872. The van der Waals surface area contributed by atoms with E-state index in [9.17, 15) is 14.7 Å². The number of rotatable bonds is 1. The van der Waals surface area contributed by atoms with Crippen LogP contribution in [0.15, 0.2) is 0 Å². The lowest BCUT2D eigenvalue weighted by atomic mass is 9.72. The summed E-state index contributed by atoms with van der Waals surface area (Å²) >= 11 is 0. The maximum absolute atomic E-state index is 12.3. The van der Waals surface area contributed by atoms with E-state index in [0.717, 1.165) is 32.4 Å². The van der Waals surface area contributed by atoms with Gasteiger partial charge in [0, 0.05) is 18.5 Å². The topological polar surface area (TPSA) is 70.1 Å². The Labute approximate surface area is 132 Å². The highest BCUT2D eigenvalue weighted by molar-refractivity contribution is 5.75. The van der Waals surface area contributed by atoms with Gasteiger partial charge in [0.25, 0.3) is 0 Å². The van der Waals surface area contributed by atoms with E-state index in [1.165, 1.54) is 0 Å². The summed E-state index contributed by atoms with van der Waals surface area (Å²) in [6.07, 6.45) is 2.25. The predicted molar refractivity (Wildman–Crippen MR) is 82.7 cm³/mol. The van der Waals surface area contributed by atoms with Crippen molar-refractivity contribution in [2.75, 3.05) is 33.2 Å². The number of aliphatic carboxylic acids is 1. The molecule has 6 heteroatoms. The van der Waals surface area contributed by atoms with E-state index in [1.54, 1.807) is 4.90 Å². The third-order valence-electron chi connectivity index (χ3n) is 4.80. The first kappa shape index (κ1) is 17.1. The van der Waals surface area contributed by atoms with Gasteiger partial charge in [0.1, 0.15) is 5.60 Å². The zero-order chi connectivity index (χ0) is 16.5. The first-order valence-electron chi connectivity index (χ1n) is 8.02. The van der Waals surface area contributed by atoms with Crippen LogP contribution in [0.4, 0.5) is 4.79 Å². The van der Waals surface area contributed by atoms with Crippen LogP contribution in [0, 0.1) is 11.3 Å². The summed E-state index contributed by atoms with van der Waals surface area (Å²) in [5, 5.41) is 9.63. The third kappa shape index (κ3) is 3.72. The van der Waals surface area contributed by atoms with Crippen molar-refractivity contribution in [2.24, 2.45) is 11.3 Å². The van der Waals surface area contributed by atoms with E-state index in [0.29, 0.717) is 6.54 Å². The van der Waals surface area contributed by atoms with Gasteiger partial charge in [-0.25, -0.2) is 4.79 Å². The number of amides is 1. The Morgan fingerprint density at radius 3 is 2.50 bits per heavy atom. The Morgan fingerprint density at radius 1 is 1.23 bits per heavy atom. The van der Waals surface area contributed by atoms with Crippen LogP contribution in [0.5, 0.6) is 0 Å². The number of hydrogen-bond donors (Lipinski definition) is 1. The van der Waals surface area contributed by atoms with Gasteiger partial charge in [-0.15, -0.1) is 0 Å². The molecule has 0 saturated carbocycles. The number of carboxylic acids is 1. The lowest BCUT2D eigenvalue weighted by Gasteiger charge is -2.31. The van der Waals surface area contributed by atoms with Crippen molar-refractivity contribution >= 4 is 12.1 Å². The zero-order valence-corrected chi connectivity index (χ0v) is 14.1. The summed E-state index contributed by atoms with van der Waals surface area (Å²) in [4.78, 5) is 27.9. The second kappa shape index (κ2) is 6.07. The highest BCUT2D eigenvalue weighted by Crippen LogP contribution is 2.45. The quantitative estimate of drug-likeness (QED) is 0.802. The van der Waals surface area contributed by atoms with E-state index >= 15 is 0 Å². The van der Waals surface area contributed by atoms with Crippen LogP contribution in [0.25, 0.3) is 0 Å². The number of carbonyl (C=O) groups is 2. The Balaban J connectivity index is 2.16. The Hall–Kier alpha value is -1.30. The number of likely N-dealkylation sites (tertiary alicyclic amines) is 2. The largest absolute Gasteiger partial charge is 0.481 e. The molecule has 1 spiro atoms. The molecule has 6 nitrogen and oxygen atoms in total. The lowest BCUT2D eigenvalue weighted by molar-refractivity contribution is -0.145. The molecule has 0 aliphatic carbocycles. The molecule has 0 aromatic rings. The molecule has 0 radical (unpaired) electrons. The molecule has 0 aromatic heterocycles. The molecule has 2 aliphatic heterocycles. The standard InChI is InChI=1S/C16H28N2O4/c1-15(2,3)22-14(21)18-10-12(13(19)20)16(11-18)6-5-8-17(4)9-7-16/h12H,5-11H2,1-4H3,(H,19,20). The third-order valence-corrected chi connectivity index (χ3v) is 4.80. The Morgan fingerprint density at radius 2 is 1.91 bits per heavy atom. The molecule has 0 aromatic carbocycles. The fourth-order valence-corrected chi connectivity index (χ4v) is 3.63. The molecular formula is C16H28N2O4. The molecule has 2 rings (SSSR count). The van der Waals surface area contributed by atoms with Gasteiger partial charge in [-0.05, 0) is 60.2 Å². The SMILES string of the molecule is CN1CCCC2(CC1)CN(C(=O)OC(C)(C)C)CC2C(=O)O. The maximum Gasteiger partial charge on any atom is 0.410 e. The van der Waals surface area contributed by atoms with Crippen LogP contribution < -0.4 is 0 Å². The first-order chi connectivity index (χ1) is 10.1. The van der Waals surface area contributed by atoms with Gasteiger partial charge in [-0.3, -0.25) is 4.79 Å². The lowest BCUT2D eigenvalue weighted by Crippen LogP contribution is -2.37. The molecule has 2 saturated heterocycles. The van der Waals surface area contributed by atoms with Crippen molar-refractivity contribution in [3.8, 4) is 0 Å². The summed E-state index contributed by atoms with van der Waals surface area (Å²) in [7, 11) is 2.06. The first-order valence-corrected chi connectivity index (χ1v) is 8.02. The number of nitrogens with zero attached hydrogens (tertiary/aromatic N) is 2. The fraction of sp³-hybridized carbons (Fsp3) is 0.875. The van der Waals surface area contributed by atoms with Gasteiger partial charge in [-0.2, -0.15) is 0 Å². The van der Waals surface area contributed by atoms with E-state index < -0.39 is 23.6 Å². The molecule has 2 atom stereocenters. The summed E-state index contributed by atoms with van der Waals surface area (Å²) in [6.45, 7) is 8.09. The van der Waals surface area contributed by atoms with E-state index in [-0.39, 0.29) is 12.0 Å².